The zero-order chi connectivity index (χ0) is 23.5. The van der Waals surface area contributed by atoms with Crippen molar-refractivity contribution in [2.45, 2.75) is 25.8 Å². The number of alkyl halides is 3. The first-order valence-electron chi connectivity index (χ1n) is 9.86. The molecular formula is C25H22F3NO2Si. The molecule has 0 amide bonds. The monoisotopic (exact) mass is 453 g/mol. The first-order chi connectivity index (χ1) is 15.0. The number of anilines is 1. The quantitative estimate of drug-likeness (QED) is 0.164. The Morgan fingerprint density at radius 3 is 2.19 bits per heavy atom. The normalized spacial score (nSPS) is 11.4. The van der Waals surface area contributed by atoms with Crippen molar-refractivity contribution in [1.29, 1.82) is 0 Å². The highest BCUT2D eigenvalue weighted by Gasteiger charge is 2.31. The summed E-state index contributed by atoms with van der Waals surface area (Å²) in [6.45, 7) is 6.44. The predicted octanol–water partition coefficient (Wildman–Crippen LogP) is 6.40. The fourth-order valence-corrected chi connectivity index (χ4v) is 3.45. The van der Waals surface area contributed by atoms with Gasteiger partial charge in [-0.1, -0.05) is 62.0 Å². The number of carbonyl (C=O) groups is 1. The molecule has 0 atom stereocenters. The van der Waals surface area contributed by atoms with Crippen LogP contribution in [0.5, 0.6) is 5.75 Å². The Bertz CT molecular complexity index is 1220. The number of ether oxygens (including phenoxy) is 1. The van der Waals surface area contributed by atoms with Crippen molar-refractivity contribution in [3.05, 3.63) is 83.4 Å². The molecular weight excluding hydrogens is 431 g/mol. The number of hydrogen-bond donors (Lipinski definition) is 1. The molecule has 7 heteroatoms. The summed E-state index contributed by atoms with van der Waals surface area (Å²) in [6, 6.07) is 17.0. The largest absolute Gasteiger partial charge is 0.422 e. The maximum Gasteiger partial charge on any atom is 0.416 e. The number of rotatable bonds is 3. The van der Waals surface area contributed by atoms with Crippen LogP contribution < -0.4 is 10.5 Å². The minimum atomic E-state index is -4.55. The Morgan fingerprint density at radius 1 is 0.938 bits per heavy atom. The number of esters is 1. The van der Waals surface area contributed by atoms with Crippen molar-refractivity contribution in [3.8, 4) is 28.3 Å². The van der Waals surface area contributed by atoms with Crippen molar-refractivity contribution >= 4 is 19.7 Å². The van der Waals surface area contributed by atoms with E-state index in [0.717, 1.165) is 29.3 Å². The zero-order valence-electron chi connectivity index (χ0n) is 17.9. The van der Waals surface area contributed by atoms with Crippen LogP contribution in [-0.2, 0) is 6.18 Å². The van der Waals surface area contributed by atoms with E-state index in [-0.39, 0.29) is 17.0 Å². The topological polar surface area (TPSA) is 52.3 Å². The van der Waals surface area contributed by atoms with Gasteiger partial charge in [-0.05, 0) is 30.3 Å². The van der Waals surface area contributed by atoms with Crippen molar-refractivity contribution in [2.75, 3.05) is 5.73 Å². The van der Waals surface area contributed by atoms with Gasteiger partial charge >= 0.3 is 12.1 Å². The van der Waals surface area contributed by atoms with Crippen LogP contribution in [0, 0.1) is 11.5 Å². The Kier molecular flexibility index (Phi) is 6.46. The van der Waals surface area contributed by atoms with E-state index in [1.165, 1.54) is 0 Å². The molecule has 0 radical (unpaired) electrons. The van der Waals surface area contributed by atoms with E-state index in [0.29, 0.717) is 5.56 Å². The molecule has 0 aliphatic rings. The van der Waals surface area contributed by atoms with Gasteiger partial charge in [0.05, 0.1) is 11.1 Å². The highest BCUT2D eigenvalue weighted by molar-refractivity contribution is 6.83. The van der Waals surface area contributed by atoms with Gasteiger partial charge in [-0.3, -0.25) is 0 Å². The number of hydrogen-bond acceptors (Lipinski definition) is 3. The third-order valence-corrected chi connectivity index (χ3v) is 5.35. The van der Waals surface area contributed by atoms with Crippen LogP contribution in [0.1, 0.15) is 21.5 Å². The summed E-state index contributed by atoms with van der Waals surface area (Å²) >= 11 is 0. The Balaban J connectivity index is 1.97. The van der Waals surface area contributed by atoms with Crippen LogP contribution >= 0.6 is 0 Å². The molecule has 0 fully saturated rings. The van der Waals surface area contributed by atoms with Gasteiger partial charge < -0.3 is 10.5 Å². The van der Waals surface area contributed by atoms with Crippen LogP contribution in [-0.4, -0.2) is 14.0 Å². The van der Waals surface area contributed by atoms with Crippen molar-refractivity contribution in [2.24, 2.45) is 0 Å². The molecule has 0 heterocycles. The lowest BCUT2D eigenvalue weighted by molar-refractivity contribution is -0.137. The predicted molar refractivity (Wildman–Crippen MR) is 123 cm³/mol. The Hall–Kier alpha value is -3.50. The second-order valence-corrected chi connectivity index (χ2v) is 13.0. The smallest absolute Gasteiger partial charge is 0.416 e. The average Bonchev–Trinajstić information content (AvgIpc) is 2.71. The summed E-state index contributed by atoms with van der Waals surface area (Å²) in [6.07, 6.45) is -4.55. The number of nitrogen functional groups attached to an aromatic ring is 1. The van der Waals surface area contributed by atoms with Crippen LogP contribution in [0.25, 0.3) is 11.1 Å². The van der Waals surface area contributed by atoms with E-state index in [1.54, 1.807) is 18.2 Å². The van der Waals surface area contributed by atoms with Gasteiger partial charge in [-0.25, -0.2) is 4.79 Å². The average molecular weight is 454 g/mol. The maximum absolute atomic E-state index is 12.9. The van der Waals surface area contributed by atoms with Crippen LogP contribution in [0.3, 0.4) is 0 Å². The molecule has 3 nitrogen and oxygen atoms in total. The van der Waals surface area contributed by atoms with Gasteiger partial charge in [-0.2, -0.15) is 13.2 Å². The van der Waals surface area contributed by atoms with E-state index in [4.69, 9.17) is 10.5 Å². The second-order valence-electron chi connectivity index (χ2n) is 8.23. The van der Waals surface area contributed by atoms with E-state index < -0.39 is 25.8 Å². The minimum absolute atomic E-state index is 0.139. The van der Waals surface area contributed by atoms with E-state index in [9.17, 15) is 18.0 Å². The summed E-state index contributed by atoms with van der Waals surface area (Å²) in [5, 5.41) is 0. The van der Waals surface area contributed by atoms with Gasteiger partial charge in [0.25, 0.3) is 0 Å². The van der Waals surface area contributed by atoms with Crippen molar-refractivity contribution < 1.29 is 22.7 Å². The molecule has 0 aliphatic heterocycles. The molecule has 164 valence electrons. The Labute approximate surface area is 186 Å². The SMILES string of the molecule is C[Si](C)(C)C#Cc1ccccc1-c1ccccc1OC(=O)c1ccc(C(F)(F)F)cc1N. The number of halogens is 3. The molecule has 0 unspecified atom stereocenters. The highest BCUT2D eigenvalue weighted by atomic mass is 28.3. The highest BCUT2D eigenvalue weighted by Crippen LogP contribution is 2.34. The summed E-state index contributed by atoms with van der Waals surface area (Å²) in [7, 11) is -1.61. The zero-order valence-corrected chi connectivity index (χ0v) is 18.9. The van der Waals surface area contributed by atoms with E-state index >= 15 is 0 Å². The van der Waals surface area contributed by atoms with Gasteiger partial charge in [0.1, 0.15) is 13.8 Å². The lowest BCUT2D eigenvalue weighted by Gasteiger charge is -2.14. The molecule has 3 aromatic rings. The first-order valence-corrected chi connectivity index (χ1v) is 13.4. The summed E-state index contributed by atoms with van der Waals surface area (Å²) in [5.74, 6) is 2.66. The number of carbonyl (C=O) groups excluding carboxylic acids is 1. The van der Waals surface area contributed by atoms with Gasteiger partial charge in [0.15, 0.2) is 0 Å². The molecule has 0 bridgehead atoms. The van der Waals surface area contributed by atoms with Crippen LogP contribution in [0.15, 0.2) is 66.7 Å². The van der Waals surface area contributed by atoms with E-state index in [1.807, 2.05) is 30.3 Å². The number of benzene rings is 3. The van der Waals surface area contributed by atoms with Crippen molar-refractivity contribution in [3.63, 3.8) is 0 Å². The standard InChI is InChI=1S/C25H22F3NO2Si/c1-32(2,3)15-14-17-8-4-5-9-19(17)20-10-6-7-11-23(20)31-24(30)21-13-12-18(16-22(21)29)25(26,27)28/h4-13,16H,29H2,1-3H3. The molecule has 0 spiro atoms. The second kappa shape index (κ2) is 8.93. The molecule has 32 heavy (non-hydrogen) atoms. The molecule has 0 aromatic heterocycles. The maximum atomic E-state index is 12.9. The van der Waals surface area contributed by atoms with Crippen LogP contribution in [0.4, 0.5) is 18.9 Å². The minimum Gasteiger partial charge on any atom is -0.422 e. The molecule has 0 saturated heterocycles. The number of para-hydroxylation sites is 1. The lowest BCUT2D eigenvalue weighted by Crippen LogP contribution is -2.16. The summed E-state index contributed by atoms with van der Waals surface area (Å²) in [5.41, 5.74) is 9.91. The lowest BCUT2D eigenvalue weighted by atomic mass is 9.99. The molecule has 0 aliphatic carbocycles. The van der Waals surface area contributed by atoms with Crippen LogP contribution in [0.2, 0.25) is 19.6 Å². The van der Waals surface area contributed by atoms with Gasteiger partial charge in [0, 0.05) is 22.4 Å². The third-order valence-electron chi connectivity index (χ3n) is 4.48. The Morgan fingerprint density at radius 2 is 1.56 bits per heavy atom. The van der Waals surface area contributed by atoms with E-state index in [2.05, 4.69) is 31.1 Å². The molecule has 0 saturated carbocycles. The summed E-state index contributed by atoms with van der Waals surface area (Å²) < 4.78 is 44.2. The number of nitrogens with two attached hydrogens (primary N) is 1. The fourth-order valence-electron chi connectivity index (χ4n) is 2.94. The van der Waals surface area contributed by atoms with Gasteiger partial charge in [-0.15, -0.1) is 5.54 Å². The van der Waals surface area contributed by atoms with Gasteiger partial charge in [0.2, 0.25) is 0 Å². The van der Waals surface area contributed by atoms with Crippen molar-refractivity contribution in [1.82, 2.24) is 0 Å². The summed E-state index contributed by atoms with van der Waals surface area (Å²) in [4.78, 5) is 12.7. The third kappa shape index (κ3) is 5.59. The first kappa shape index (κ1) is 23.2. The fraction of sp³-hybridized carbons (Fsp3) is 0.160. The molecule has 2 N–H and O–H groups in total. The molecule has 3 aromatic carbocycles. The molecule has 3 rings (SSSR count).